The first kappa shape index (κ1) is 8.74. The van der Waals surface area contributed by atoms with Gasteiger partial charge in [-0.3, -0.25) is 0 Å². The molecule has 0 bridgehead atoms. The predicted octanol–water partition coefficient (Wildman–Crippen LogP) is -0.385. The number of hydrogen-bond donors (Lipinski definition) is 1. The molecule has 0 aromatic heterocycles. The summed E-state index contributed by atoms with van der Waals surface area (Å²) in [7, 11) is -1.01. The van der Waals surface area contributed by atoms with Gasteiger partial charge in [0.15, 0.2) is 5.76 Å². The molecule has 10 heavy (non-hydrogen) atoms. The van der Waals surface area contributed by atoms with Crippen molar-refractivity contribution < 1.29 is 14.3 Å². The highest BCUT2D eigenvalue weighted by Crippen LogP contribution is 1.92. The van der Waals surface area contributed by atoms with Gasteiger partial charge in [0.25, 0.3) is 0 Å². The first-order valence-electron chi connectivity index (χ1n) is 2.44. The van der Waals surface area contributed by atoms with Gasteiger partial charge in [0, 0.05) is 0 Å². The molecule has 1 N–H and O–H groups in total. The Kier molecular flexibility index (Phi) is 4.02. The van der Waals surface area contributed by atoms with Crippen LogP contribution < -0.4 is 4.43 Å². The number of carboxylic acid groups (broad SMARTS) is 1. The van der Waals surface area contributed by atoms with Gasteiger partial charge in [0.2, 0.25) is 0 Å². The third kappa shape index (κ3) is 2.90. The molecule has 0 heterocycles. The number of nitrogens with zero attached hydrogens (tertiary/aromatic N) is 2. The Hall–Kier alpha value is -1.26. The summed E-state index contributed by atoms with van der Waals surface area (Å²) >= 11 is 0. The zero-order valence-corrected chi connectivity index (χ0v) is 6.47. The fourth-order valence-corrected chi connectivity index (χ4v) is 0.720. The minimum absolute atomic E-state index is 0.187. The molecule has 0 spiro atoms. The molecule has 6 heteroatoms. The van der Waals surface area contributed by atoms with Crippen molar-refractivity contribution in [2.24, 2.45) is 0 Å². The third-order valence-electron chi connectivity index (χ3n) is 0.700. The van der Waals surface area contributed by atoms with Crippen molar-refractivity contribution in [3.63, 3.8) is 0 Å². The molecule has 5 nitrogen and oxygen atoms in total. The number of allylic oxidation sites excluding steroid dienone is 1. The number of hydrogen-bond acceptors (Lipinski definition) is 2. The van der Waals surface area contributed by atoms with E-state index in [1.807, 2.05) is 0 Å². The minimum atomic E-state index is -1.15. The van der Waals surface area contributed by atoms with Crippen LogP contribution in [-0.4, -0.2) is 20.6 Å². The Morgan fingerprint density at radius 2 is 2.50 bits per heavy atom. The van der Waals surface area contributed by atoms with Crippen molar-refractivity contribution in [2.45, 2.75) is 6.92 Å². The van der Waals surface area contributed by atoms with E-state index in [-0.39, 0.29) is 5.76 Å². The van der Waals surface area contributed by atoms with E-state index >= 15 is 0 Å². The van der Waals surface area contributed by atoms with Gasteiger partial charge in [-0.15, -0.1) is 0 Å². The normalized spacial score (nSPS) is 9.90. The Morgan fingerprint density at radius 1 is 1.90 bits per heavy atom. The van der Waals surface area contributed by atoms with Crippen LogP contribution in [0.25, 0.3) is 5.53 Å². The molecule has 0 aromatic rings. The average Bonchev–Trinajstić information content (AvgIpc) is 1.89. The Bertz CT molecular complexity index is 207. The van der Waals surface area contributed by atoms with Gasteiger partial charge < -0.3 is 15.1 Å². The summed E-state index contributed by atoms with van der Waals surface area (Å²) in [5.41, 5.74) is 7.91. The van der Waals surface area contributed by atoms with E-state index < -0.39 is 15.5 Å². The van der Waals surface area contributed by atoms with Crippen LogP contribution in [0.3, 0.4) is 0 Å². The number of aliphatic carboxylic acids is 1. The van der Waals surface area contributed by atoms with E-state index in [4.69, 9.17) is 10.6 Å². The van der Waals surface area contributed by atoms with Crippen molar-refractivity contribution in [1.29, 1.82) is 0 Å². The van der Waals surface area contributed by atoms with Crippen molar-refractivity contribution in [2.75, 3.05) is 0 Å². The van der Waals surface area contributed by atoms with Crippen LogP contribution in [0.5, 0.6) is 0 Å². The fourth-order valence-electron chi connectivity index (χ4n) is 0.322. The molecule has 0 rings (SSSR count). The lowest BCUT2D eigenvalue weighted by atomic mass is 10.5. The molecule has 0 atom stereocenters. The smallest absolute Gasteiger partial charge is 0.475 e. The molecule has 0 aliphatic carbocycles. The van der Waals surface area contributed by atoms with Gasteiger partial charge >= 0.3 is 15.5 Å². The molecule has 0 amide bonds. The topological polar surface area (TPSA) is 82.9 Å². The summed E-state index contributed by atoms with van der Waals surface area (Å²) in [4.78, 5) is 10.1. The van der Waals surface area contributed by atoms with E-state index in [9.17, 15) is 4.79 Å². The zero-order valence-electron chi connectivity index (χ0n) is 5.31. The van der Waals surface area contributed by atoms with E-state index in [2.05, 4.69) is 8.86 Å². The summed E-state index contributed by atoms with van der Waals surface area (Å²) < 4.78 is 7.19. The number of carboxylic acids is 1. The monoisotopic (exact) mass is 158 g/mol. The Labute approximate surface area is 59.5 Å². The molecular formula is C4H6N2O3Si. The molecule has 0 fully saturated rings. The molecule has 54 valence electrons. The van der Waals surface area contributed by atoms with Gasteiger partial charge in [-0.05, 0) is 13.0 Å². The second-order valence-electron chi connectivity index (χ2n) is 1.30. The Balaban J connectivity index is 4.11. The first-order chi connectivity index (χ1) is 4.72. The van der Waals surface area contributed by atoms with Crippen LogP contribution in [0.1, 0.15) is 6.92 Å². The minimum Gasteiger partial charge on any atom is -0.475 e. The molecule has 0 aliphatic rings. The summed E-state index contributed by atoms with van der Waals surface area (Å²) in [6.45, 7) is 1.53. The lowest BCUT2D eigenvalue weighted by Gasteiger charge is -1.92. The van der Waals surface area contributed by atoms with Crippen LogP contribution in [0, 0.1) is 0 Å². The highest BCUT2D eigenvalue weighted by molar-refractivity contribution is 6.12. The van der Waals surface area contributed by atoms with Gasteiger partial charge in [0.1, 0.15) is 0 Å². The lowest BCUT2D eigenvalue weighted by Crippen LogP contribution is -2.04. The zero-order chi connectivity index (χ0) is 7.98. The van der Waals surface area contributed by atoms with Crippen molar-refractivity contribution >= 4 is 15.5 Å². The standard InChI is InChI=1S/C4H6N2O3Si/c1-2-3(4(7)8)9-10-6-5/h2,10H,1H3,(H,7,8)/b3-2-. The fraction of sp³-hybridized carbons (Fsp3) is 0.250. The number of rotatable bonds is 3. The Morgan fingerprint density at radius 3 is 2.80 bits per heavy atom. The number of carbonyl (C=O) groups is 1. The molecular weight excluding hydrogens is 152 g/mol. The largest absolute Gasteiger partial charge is 0.705 e. The predicted molar refractivity (Wildman–Crippen MR) is 35.1 cm³/mol. The third-order valence-corrected chi connectivity index (χ3v) is 1.15. The molecule has 0 unspecified atom stereocenters. The van der Waals surface area contributed by atoms with Crippen molar-refractivity contribution in [3.05, 3.63) is 17.4 Å². The summed E-state index contributed by atoms with van der Waals surface area (Å²) in [5.74, 6) is -1.34. The van der Waals surface area contributed by atoms with Gasteiger partial charge in [0.05, 0.1) is 0 Å². The first-order valence-corrected chi connectivity index (χ1v) is 3.43. The van der Waals surface area contributed by atoms with Crippen LogP contribution in [0.4, 0.5) is 0 Å². The highest BCUT2D eigenvalue weighted by atomic mass is 28.2. The maximum absolute atomic E-state index is 10.1. The van der Waals surface area contributed by atoms with Crippen molar-refractivity contribution in [1.82, 2.24) is 4.43 Å². The van der Waals surface area contributed by atoms with E-state index in [0.29, 0.717) is 0 Å². The van der Waals surface area contributed by atoms with Gasteiger partial charge in [-0.2, -0.15) is 0 Å². The maximum atomic E-state index is 10.1. The summed E-state index contributed by atoms with van der Waals surface area (Å²) in [6.07, 6.45) is 1.29. The molecule has 0 radical (unpaired) electrons. The van der Waals surface area contributed by atoms with E-state index in [1.165, 1.54) is 13.0 Å². The van der Waals surface area contributed by atoms with Crippen LogP contribution in [0.2, 0.25) is 0 Å². The summed E-state index contributed by atoms with van der Waals surface area (Å²) in [6, 6.07) is 0. The second-order valence-corrected chi connectivity index (χ2v) is 1.97. The second kappa shape index (κ2) is 4.60. The lowest BCUT2D eigenvalue weighted by molar-refractivity contribution is -0.135. The highest BCUT2D eigenvalue weighted by Gasteiger charge is 2.06. The SMILES string of the molecule is C/C=C(\O[SiH]=[N+]=[N-])C(=O)O. The van der Waals surface area contributed by atoms with E-state index in [1.54, 1.807) is 0 Å². The van der Waals surface area contributed by atoms with Crippen LogP contribution >= 0.6 is 0 Å². The van der Waals surface area contributed by atoms with E-state index in [0.717, 1.165) is 0 Å². The molecule has 0 saturated carbocycles. The van der Waals surface area contributed by atoms with Crippen LogP contribution in [0.15, 0.2) is 11.8 Å². The van der Waals surface area contributed by atoms with Crippen molar-refractivity contribution in [3.8, 4) is 0 Å². The maximum Gasteiger partial charge on any atom is 0.705 e. The molecule has 0 saturated heterocycles. The quantitative estimate of drug-likeness (QED) is 0.200. The van der Waals surface area contributed by atoms with Gasteiger partial charge in [-0.1, -0.05) is 0 Å². The van der Waals surface area contributed by atoms with Gasteiger partial charge in [-0.25, -0.2) is 9.23 Å². The summed E-state index contributed by atoms with van der Waals surface area (Å²) in [5, 5.41) is 8.30. The van der Waals surface area contributed by atoms with Crippen LogP contribution in [-0.2, 0) is 9.22 Å². The average molecular weight is 158 g/mol. The molecule has 0 aliphatic heterocycles. The molecule has 0 aromatic carbocycles.